The molecule has 0 bridgehead atoms. The topological polar surface area (TPSA) is 62.4 Å². The molecule has 2 rings (SSSR count). The zero-order valence-corrected chi connectivity index (χ0v) is 16.9. The Morgan fingerprint density at radius 2 is 1.42 bits per heavy atom. The van der Waals surface area contributed by atoms with Crippen LogP contribution >= 0.6 is 0 Å². The first-order valence-corrected chi connectivity index (χ1v) is 9.41. The molecule has 0 radical (unpaired) electrons. The van der Waals surface area contributed by atoms with Gasteiger partial charge < -0.3 is 14.6 Å². The third-order valence-corrected chi connectivity index (χ3v) is 4.98. The van der Waals surface area contributed by atoms with Crippen molar-refractivity contribution >= 4 is 5.78 Å². The quantitative estimate of drug-likeness (QED) is 0.681. The van der Waals surface area contributed by atoms with Crippen molar-refractivity contribution in [3.8, 4) is 0 Å². The van der Waals surface area contributed by atoms with Crippen molar-refractivity contribution in [1.82, 2.24) is 0 Å². The summed E-state index contributed by atoms with van der Waals surface area (Å²) in [5.41, 5.74) is -0.650. The monoisotopic (exact) mass is 342 g/mol. The van der Waals surface area contributed by atoms with Crippen molar-refractivity contribution in [3.63, 3.8) is 0 Å². The van der Waals surface area contributed by atoms with Crippen molar-refractivity contribution in [2.45, 2.75) is 85.5 Å². The SMILES string of the molecule is CC(C)C[C@H](C)C(=O)[C@@]1(C)CO1.CC(C)C[C@H](C)[C@H](O)[C@@]1(C)CO1. The van der Waals surface area contributed by atoms with Crippen LogP contribution < -0.4 is 0 Å². The van der Waals surface area contributed by atoms with Crippen LogP contribution in [0, 0.1) is 23.7 Å². The molecule has 0 aromatic carbocycles. The van der Waals surface area contributed by atoms with Crippen molar-refractivity contribution in [3.05, 3.63) is 0 Å². The molecule has 4 nitrogen and oxygen atoms in total. The number of carbonyl (C=O) groups excluding carboxylic acids is 1. The number of hydrogen-bond donors (Lipinski definition) is 1. The van der Waals surface area contributed by atoms with Gasteiger partial charge in [-0.3, -0.25) is 4.79 Å². The van der Waals surface area contributed by atoms with Gasteiger partial charge in [0.25, 0.3) is 0 Å². The van der Waals surface area contributed by atoms with Gasteiger partial charge in [0.05, 0.1) is 19.3 Å². The molecule has 2 heterocycles. The third kappa shape index (κ3) is 6.45. The van der Waals surface area contributed by atoms with Crippen LogP contribution in [0.2, 0.25) is 0 Å². The summed E-state index contributed by atoms with van der Waals surface area (Å²) < 4.78 is 10.3. The number of carbonyl (C=O) groups is 1. The van der Waals surface area contributed by atoms with E-state index in [4.69, 9.17) is 9.47 Å². The standard InChI is InChI=1S/C10H20O2.C10H18O2/c2*1-7(2)5-8(3)9(11)10(4)6-12-10/h7-9,11H,5-6H2,1-4H3;7-8H,5-6H2,1-4H3/t8-,9-,10+;8-,10+/m00/s1. The first-order valence-electron chi connectivity index (χ1n) is 9.41. The minimum atomic E-state index is -0.422. The van der Waals surface area contributed by atoms with Gasteiger partial charge in [-0.2, -0.15) is 0 Å². The fourth-order valence-electron chi connectivity index (χ4n) is 3.34. The average Bonchev–Trinajstić information content (AvgIpc) is 3.37. The van der Waals surface area contributed by atoms with Crippen LogP contribution in [0.5, 0.6) is 0 Å². The smallest absolute Gasteiger partial charge is 0.169 e. The molecule has 2 saturated heterocycles. The van der Waals surface area contributed by atoms with Gasteiger partial charge in [0.2, 0.25) is 0 Å². The molecule has 5 atom stereocenters. The highest BCUT2D eigenvalue weighted by Crippen LogP contribution is 2.35. The van der Waals surface area contributed by atoms with E-state index in [2.05, 4.69) is 34.6 Å². The molecule has 0 aliphatic carbocycles. The van der Waals surface area contributed by atoms with E-state index in [1.54, 1.807) is 0 Å². The Labute approximate surface area is 148 Å². The van der Waals surface area contributed by atoms with E-state index in [-0.39, 0.29) is 23.4 Å². The van der Waals surface area contributed by atoms with Crippen LogP contribution in [-0.4, -0.2) is 41.4 Å². The summed E-state index contributed by atoms with van der Waals surface area (Å²) in [6.45, 7) is 17.9. The molecule has 24 heavy (non-hydrogen) atoms. The number of ketones is 1. The molecule has 1 N–H and O–H groups in total. The summed E-state index contributed by atoms with van der Waals surface area (Å²) >= 11 is 0. The second kappa shape index (κ2) is 8.29. The van der Waals surface area contributed by atoms with E-state index in [1.165, 1.54) is 0 Å². The fourth-order valence-corrected chi connectivity index (χ4v) is 3.34. The highest BCUT2D eigenvalue weighted by molar-refractivity contribution is 5.90. The largest absolute Gasteiger partial charge is 0.390 e. The second-order valence-electron chi connectivity index (χ2n) is 9.07. The highest BCUT2D eigenvalue weighted by atomic mass is 16.6. The second-order valence-corrected chi connectivity index (χ2v) is 9.07. The molecule has 4 heteroatoms. The Kier molecular flexibility index (Phi) is 7.46. The summed E-state index contributed by atoms with van der Waals surface area (Å²) in [5.74, 6) is 2.01. The lowest BCUT2D eigenvalue weighted by Crippen LogP contribution is -2.33. The number of ether oxygens (including phenoxy) is 2. The van der Waals surface area contributed by atoms with Crippen LogP contribution in [0.3, 0.4) is 0 Å². The van der Waals surface area contributed by atoms with Crippen LogP contribution in [0.15, 0.2) is 0 Å². The number of aliphatic hydroxyl groups is 1. The number of epoxide rings is 2. The molecular formula is C20H38O4. The van der Waals surface area contributed by atoms with E-state index >= 15 is 0 Å². The van der Waals surface area contributed by atoms with Crippen LogP contribution in [0.25, 0.3) is 0 Å². The van der Waals surface area contributed by atoms with Crippen LogP contribution in [0.1, 0.15) is 68.2 Å². The lowest BCUT2D eigenvalue weighted by molar-refractivity contribution is -0.127. The number of aliphatic hydroxyl groups excluding tert-OH is 1. The van der Waals surface area contributed by atoms with Gasteiger partial charge in [-0.15, -0.1) is 0 Å². The normalized spacial score (nSPS) is 32.0. The average molecular weight is 343 g/mol. The van der Waals surface area contributed by atoms with Crippen molar-refractivity contribution in [2.75, 3.05) is 13.2 Å². The molecule has 0 aromatic rings. The summed E-state index contributed by atoms with van der Waals surface area (Å²) in [4.78, 5) is 11.6. The predicted octanol–water partition coefficient (Wildman–Crippen LogP) is 3.85. The molecule has 0 spiro atoms. The van der Waals surface area contributed by atoms with Gasteiger partial charge in [-0.25, -0.2) is 0 Å². The predicted molar refractivity (Wildman–Crippen MR) is 97.0 cm³/mol. The van der Waals surface area contributed by atoms with E-state index in [0.717, 1.165) is 19.4 Å². The first-order chi connectivity index (χ1) is 10.9. The number of rotatable bonds is 8. The third-order valence-electron chi connectivity index (χ3n) is 4.98. The Morgan fingerprint density at radius 3 is 1.75 bits per heavy atom. The minimum Gasteiger partial charge on any atom is -0.390 e. The minimum absolute atomic E-state index is 0.150. The van der Waals surface area contributed by atoms with Crippen molar-refractivity contribution in [2.24, 2.45) is 23.7 Å². The van der Waals surface area contributed by atoms with Gasteiger partial charge in [0, 0.05) is 5.92 Å². The summed E-state index contributed by atoms with van der Waals surface area (Å²) in [5, 5.41) is 9.84. The van der Waals surface area contributed by atoms with E-state index < -0.39 is 5.60 Å². The molecule has 142 valence electrons. The zero-order valence-electron chi connectivity index (χ0n) is 16.9. The van der Waals surface area contributed by atoms with Crippen molar-refractivity contribution < 1.29 is 19.4 Å². The number of Topliss-reactive ketones (excluding diaryl/α,β-unsaturated/α-hetero) is 1. The number of hydrogen-bond acceptors (Lipinski definition) is 4. The summed E-state index contributed by atoms with van der Waals surface area (Å²) in [7, 11) is 0. The van der Waals surface area contributed by atoms with Gasteiger partial charge in [-0.1, -0.05) is 41.5 Å². The Hall–Kier alpha value is -0.450. The maximum atomic E-state index is 11.6. The van der Waals surface area contributed by atoms with Crippen LogP contribution in [0.4, 0.5) is 0 Å². The summed E-state index contributed by atoms with van der Waals surface area (Å²) in [6.07, 6.45) is 1.75. The van der Waals surface area contributed by atoms with E-state index in [0.29, 0.717) is 24.4 Å². The molecule has 2 fully saturated rings. The van der Waals surface area contributed by atoms with Gasteiger partial charge >= 0.3 is 0 Å². The maximum absolute atomic E-state index is 11.6. The van der Waals surface area contributed by atoms with E-state index in [9.17, 15) is 9.90 Å². The molecular weight excluding hydrogens is 304 g/mol. The lowest BCUT2D eigenvalue weighted by atomic mass is 9.87. The maximum Gasteiger partial charge on any atom is 0.169 e. The molecule has 0 amide bonds. The fraction of sp³-hybridized carbons (Fsp3) is 0.950. The Bertz CT molecular complexity index is 408. The van der Waals surface area contributed by atoms with Crippen molar-refractivity contribution in [1.29, 1.82) is 0 Å². The highest BCUT2D eigenvalue weighted by Gasteiger charge is 2.49. The van der Waals surface area contributed by atoms with Gasteiger partial charge in [0.1, 0.15) is 11.2 Å². The molecule has 0 saturated carbocycles. The first kappa shape index (κ1) is 21.6. The van der Waals surface area contributed by atoms with Gasteiger partial charge in [-0.05, 0) is 44.4 Å². The Morgan fingerprint density at radius 1 is 0.958 bits per heavy atom. The Balaban J connectivity index is 0.000000240. The van der Waals surface area contributed by atoms with Gasteiger partial charge in [0.15, 0.2) is 5.78 Å². The van der Waals surface area contributed by atoms with Crippen LogP contribution in [-0.2, 0) is 14.3 Å². The lowest BCUT2D eigenvalue weighted by Gasteiger charge is -2.23. The van der Waals surface area contributed by atoms with E-state index in [1.807, 2.05) is 20.8 Å². The molecule has 2 aliphatic rings. The molecule has 2 aliphatic heterocycles. The zero-order chi connectivity index (χ0) is 18.7. The molecule has 0 unspecified atom stereocenters. The molecule has 0 aromatic heterocycles. The summed E-state index contributed by atoms with van der Waals surface area (Å²) in [6, 6.07) is 0.